The maximum atomic E-state index is 12.9. The fourth-order valence-electron chi connectivity index (χ4n) is 3.12. The first kappa shape index (κ1) is 17.2. The average Bonchev–Trinajstić information content (AvgIpc) is 2.53. The van der Waals surface area contributed by atoms with E-state index in [1.807, 2.05) is 24.0 Å². The van der Waals surface area contributed by atoms with Crippen LogP contribution >= 0.6 is 8.58 Å². The molecule has 2 unspecified atom stereocenters. The highest BCUT2D eigenvalue weighted by Crippen LogP contribution is 2.32. The minimum Gasteiger partial charge on any atom is -0.367 e. The van der Waals surface area contributed by atoms with E-state index < -0.39 is 0 Å². The molecule has 0 aromatic rings. The Hall–Kier alpha value is -1.18. The summed E-state index contributed by atoms with van der Waals surface area (Å²) in [6, 6.07) is -0.113. The summed E-state index contributed by atoms with van der Waals surface area (Å²) in [4.78, 5) is 14.8. The molecule has 3 nitrogen and oxygen atoms in total. The van der Waals surface area contributed by atoms with Crippen molar-refractivity contribution in [3.05, 3.63) is 48.6 Å². The van der Waals surface area contributed by atoms with Gasteiger partial charge in [0, 0.05) is 12.7 Å². The molecule has 2 heterocycles. The highest BCUT2D eigenvalue weighted by molar-refractivity contribution is 7.39. The maximum Gasteiger partial charge on any atom is 0.252 e. The van der Waals surface area contributed by atoms with Gasteiger partial charge in [-0.25, -0.2) is 0 Å². The van der Waals surface area contributed by atoms with Crippen molar-refractivity contribution in [1.29, 1.82) is 0 Å². The Morgan fingerprint density at radius 1 is 1.41 bits per heavy atom. The lowest BCUT2D eigenvalue weighted by molar-refractivity contribution is -0.144. The maximum absolute atomic E-state index is 12.9. The molecule has 120 valence electrons. The molecule has 1 saturated heterocycles. The van der Waals surface area contributed by atoms with Gasteiger partial charge in [-0.15, -0.1) is 8.58 Å². The van der Waals surface area contributed by atoms with Crippen LogP contribution in [0.1, 0.15) is 20.3 Å². The number of allylic oxidation sites excluding steroid dienone is 1. The lowest BCUT2D eigenvalue weighted by Crippen LogP contribution is -2.51. The van der Waals surface area contributed by atoms with E-state index in [-0.39, 0.29) is 18.1 Å². The molecule has 2 rings (SSSR count). The minimum absolute atomic E-state index is 0.0925. The third-order valence-electron chi connectivity index (χ3n) is 4.29. The van der Waals surface area contributed by atoms with Crippen LogP contribution < -0.4 is 0 Å². The quantitative estimate of drug-likeness (QED) is 0.588. The number of hydrogen-bond acceptors (Lipinski definition) is 2. The summed E-state index contributed by atoms with van der Waals surface area (Å²) >= 11 is 0. The molecule has 0 saturated carbocycles. The first-order valence-corrected chi connectivity index (χ1v) is 9.06. The molecule has 4 atom stereocenters. The Kier molecular flexibility index (Phi) is 5.77. The zero-order chi connectivity index (χ0) is 16.3. The monoisotopic (exact) mass is 319 g/mol. The predicted molar refractivity (Wildman–Crippen MR) is 94.7 cm³/mol. The van der Waals surface area contributed by atoms with E-state index in [4.69, 9.17) is 4.74 Å². The summed E-state index contributed by atoms with van der Waals surface area (Å²) in [6.07, 6.45) is 5.05. The number of carbonyl (C=O) groups is 1. The lowest BCUT2D eigenvalue weighted by Gasteiger charge is -2.40. The predicted octanol–water partition coefficient (Wildman–Crippen LogP) is 3.30. The van der Waals surface area contributed by atoms with Crippen LogP contribution in [-0.4, -0.2) is 47.9 Å². The second-order valence-corrected chi connectivity index (χ2v) is 7.85. The van der Waals surface area contributed by atoms with Crippen LogP contribution in [0.15, 0.2) is 48.6 Å². The van der Waals surface area contributed by atoms with Crippen LogP contribution in [0.4, 0.5) is 0 Å². The van der Waals surface area contributed by atoms with Crippen molar-refractivity contribution in [2.75, 3.05) is 19.3 Å². The van der Waals surface area contributed by atoms with Gasteiger partial charge in [0.25, 0.3) is 5.91 Å². The van der Waals surface area contributed by atoms with Gasteiger partial charge in [0.1, 0.15) is 6.10 Å². The standard InChI is InChI=1S/C18H26NO2P/c1-6-14-8-9-19(17(12(3)4)15(14)7-2)18(20)16-11-22-13(5)10-21-16/h6-7,13,16-17,22H,1-3,8-11H2,4-5H3/t13?,16-,17+/m1/s1. The largest absolute Gasteiger partial charge is 0.367 e. The molecule has 1 fully saturated rings. The lowest BCUT2D eigenvalue weighted by atomic mass is 9.88. The fraction of sp³-hybridized carbons (Fsp3) is 0.500. The van der Waals surface area contributed by atoms with Crippen molar-refractivity contribution in [1.82, 2.24) is 4.90 Å². The zero-order valence-corrected chi connectivity index (χ0v) is 14.6. The first-order valence-electron chi connectivity index (χ1n) is 7.78. The molecule has 0 N–H and O–H groups in total. The molecule has 2 aliphatic heterocycles. The van der Waals surface area contributed by atoms with Gasteiger partial charge in [-0.3, -0.25) is 4.79 Å². The average molecular weight is 319 g/mol. The molecular formula is C18H26NO2P. The molecular weight excluding hydrogens is 293 g/mol. The van der Waals surface area contributed by atoms with Crippen molar-refractivity contribution in [3.63, 3.8) is 0 Å². The van der Waals surface area contributed by atoms with E-state index in [0.29, 0.717) is 18.8 Å². The van der Waals surface area contributed by atoms with Gasteiger partial charge in [-0.2, -0.15) is 0 Å². The summed E-state index contributed by atoms with van der Waals surface area (Å²) < 4.78 is 5.78. The molecule has 2 aliphatic rings. The second-order valence-electron chi connectivity index (χ2n) is 6.05. The van der Waals surface area contributed by atoms with Crippen LogP contribution in [-0.2, 0) is 9.53 Å². The van der Waals surface area contributed by atoms with Gasteiger partial charge >= 0.3 is 0 Å². The zero-order valence-electron chi connectivity index (χ0n) is 13.6. The molecule has 0 radical (unpaired) electrons. The van der Waals surface area contributed by atoms with Crippen molar-refractivity contribution < 1.29 is 9.53 Å². The van der Waals surface area contributed by atoms with Gasteiger partial charge < -0.3 is 9.64 Å². The van der Waals surface area contributed by atoms with Crippen molar-refractivity contribution in [2.45, 2.75) is 38.1 Å². The Morgan fingerprint density at radius 2 is 2.14 bits per heavy atom. The fourth-order valence-corrected chi connectivity index (χ4v) is 4.24. The molecule has 0 bridgehead atoms. The Balaban J connectivity index is 2.24. The number of rotatable bonds is 4. The van der Waals surface area contributed by atoms with E-state index in [1.54, 1.807) is 0 Å². The van der Waals surface area contributed by atoms with E-state index >= 15 is 0 Å². The van der Waals surface area contributed by atoms with Gasteiger partial charge in [-0.05, 0) is 30.1 Å². The van der Waals surface area contributed by atoms with Crippen molar-refractivity contribution in [2.24, 2.45) is 0 Å². The summed E-state index contributed by atoms with van der Waals surface area (Å²) in [6.45, 7) is 17.4. The number of nitrogens with zero attached hydrogens (tertiary/aromatic N) is 1. The number of amides is 1. The third kappa shape index (κ3) is 3.42. The number of hydrogen-bond donors (Lipinski definition) is 0. The summed E-state index contributed by atoms with van der Waals surface area (Å²) in [5.74, 6) is 0.0925. The van der Waals surface area contributed by atoms with Crippen LogP contribution in [0.2, 0.25) is 0 Å². The highest BCUT2D eigenvalue weighted by Gasteiger charge is 2.36. The molecule has 0 spiro atoms. The van der Waals surface area contributed by atoms with Crippen molar-refractivity contribution in [3.8, 4) is 0 Å². The van der Waals surface area contributed by atoms with Crippen LogP contribution in [0.3, 0.4) is 0 Å². The summed E-state index contributed by atoms with van der Waals surface area (Å²) in [5.41, 5.74) is 3.73. The molecule has 0 aliphatic carbocycles. The first-order chi connectivity index (χ1) is 10.5. The number of ether oxygens (including phenoxy) is 1. The summed E-state index contributed by atoms with van der Waals surface area (Å²) in [7, 11) is 0.795. The summed E-state index contributed by atoms with van der Waals surface area (Å²) in [5, 5.41) is 0. The SMILES string of the molecule is C=CC1=C(C=C)[C@H](C(=C)C)N(C(=O)[C@H]2CPC(C)CO2)CC1. The van der Waals surface area contributed by atoms with E-state index in [0.717, 1.165) is 37.9 Å². The highest BCUT2D eigenvalue weighted by atomic mass is 31.1. The van der Waals surface area contributed by atoms with Crippen LogP contribution in [0, 0.1) is 0 Å². The molecule has 0 aromatic carbocycles. The molecule has 1 amide bonds. The number of carbonyl (C=O) groups excluding carboxylic acids is 1. The van der Waals surface area contributed by atoms with Gasteiger partial charge in [-0.1, -0.05) is 44.4 Å². The Morgan fingerprint density at radius 3 is 2.64 bits per heavy atom. The smallest absolute Gasteiger partial charge is 0.252 e. The molecule has 4 heteroatoms. The van der Waals surface area contributed by atoms with E-state index in [1.165, 1.54) is 0 Å². The minimum atomic E-state index is -0.298. The van der Waals surface area contributed by atoms with Gasteiger partial charge in [0.05, 0.1) is 12.6 Å². The van der Waals surface area contributed by atoms with E-state index in [2.05, 4.69) is 26.7 Å². The van der Waals surface area contributed by atoms with Crippen LogP contribution in [0.5, 0.6) is 0 Å². The Labute approximate surface area is 135 Å². The Bertz CT molecular complexity index is 515. The molecule has 22 heavy (non-hydrogen) atoms. The van der Waals surface area contributed by atoms with Crippen LogP contribution in [0.25, 0.3) is 0 Å². The topological polar surface area (TPSA) is 29.5 Å². The van der Waals surface area contributed by atoms with E-state index in [9.17, 15) is 4.79 Å². The van der Waals surface area contributed by atoms with Gasteiger partial charge in [0.15, 0.2) is 0 Å². The van der Waals surface area contributed by atoms with Gasteiger partial charge in [0.2, 0.25) is 0 Å². The second kappa shape index (κ2) is 7.39. The molecule has 0 aromatic heterocycles. The van der Waals surface area contributed by atoms with Crippen molar-refractivity contribution >= 4 is 14.5 Å². The third-order valence-corrected chi connectivity index (χ3v) is 5.76. The normalized spacial score (nSPS) is 30.3.